The molecule has 2 amide bonds. The Morgan fingerprint density at radius 2 is 1.93 bits per heavy atom. The van der Waals surface area contributed by atoms with Gasteiger partial charge in [0, 0.05) is 36.0 Å². The molecule has 0 aliphatic carbocycles. The molecule has 1 aromatic carbocycles. The quantitative estimate of drug-likeness (QED) is 0.639. The second-order valence-corrected chi connectivity index (χ2v) is 8.66. The minimum absolute atomic E-state index is 0.0822. The van der Waals surface area contributed by atoms with Gasteiger partial charge in [0.05, 0.1) is 17.6 Å². The monoisotopic (exact) mass is 400 g/mol. The number of rotatable bonds is 5. The molecule has 150 valence electrons. The zero-order valence-electron chi connectivity index (χ0n) is 17.5. The third-order valence-electron chi connectivity index (χ3n) is 5.25. The van der Waals surface area contributed by atoms with Crippen LogP contribution in [0.25, 0.3) is 11.6 Å². The number of imide groups is 1. The molecule has 0 aromatic heterocycles. The van der Waals surface area contributed by atoms with E-state index in [0.29, 0.717) is 17.2 Å². The molecule has 1 saturated heterocycles. The number of carbonyl (C=O) groups is 2. The van der Waals surface area contributed by atoms with Gasteiger partial charge in [-0.3, -0.25) is 14.5 Å². The molecule has 0 unspecified atom stereocenters. The molecule has 3 rings (SSSR count). The van der Waals surface area contributed by atoms with Gasteiger partial charge in [-0.25, -0.2) is 0 Å². The number of ether oxygens (including phenoxy) is 1. The molecule has 0 N–H and O–H groups in total. The molecule has 1 fully saturated rings. The number of likely N-dealkylation sites (N-methyl/N-ethyl adjacent to an activating group) is 1. The average molecular weight is 401 g/mol. The van der Waals surface area contributed by atoms with Crippen LogP contribution < -0.4 is 9.64 Å². The fraction of sp³-hybridized carbons (Fsp3) is 0.455. The molecule has 28 heavy (non-hydrogen) atoms. The normalized spacial score (nSPS) is 19.9. The summed E-state index contributed by atoms with van der Waals surface area (Å²) >= 11 is 0.997. The van der Waals surface area contributed by atoms with E-state index < -0.39 is 0 Å². The fourth-order valence-corrected chi connectivity index (χ4v) is 4.90. The molecule has 0 radical (unpaired) electrons. The van der Waals surface area contributed by atoms with Crippen LogP contribution in [0.2, 0.25) is 0 Å². The molecule has 0 saturated carbocycles. The lowest BCUT2D eigenvalue weighted by atomic mass is 9.87. The minimum atomic E-state index is -0.222. The van der Waals surface area contributed by atoms with Gasteiger partial charge in [-0.2, -0.15) is 0 Å². The molecule has 2 heterocycles. The summed E-state index contributed by atoms with van der Waals surface area (Å²) in [4.78, 5) is 28.9. The number of hydrogen-bond acceptors (Lipinski definition) is 5. The Morgan fingerprint density at radius 3 is 2.54 bits per heavy atom. The second-order valence-electron chi connectivity index (χ2n) is 7.67. The van der Waals surface area contributed by atoms with Crippen molar-refractivity contribution in [2.24, 2.45) is 0 Å². The Balaban J connectivity index is 2.09. The van der Waals surface area contributed by atoms with Gasteiger partial charge < -0.3 is 9.64 Å². The molecular weight excluding hydrogens is 372 g/mol. The van der Waals surface area contributed by atoms with Crippen molar-refractivity contribution in [2.75, 3.05) is 25.1 Å². The van der Waals surface area contributed by atoms with E-state index in [0.717, 1.165) is 41.5 Å². The predicted octanol–water partition coefficient (Wildman–Crippen LogP) is 5.16. The largest absolute Gasteiger partial charge is 0.496 e. The van der Waals surface area contributed by atoms with Crippen molar-refractivity contribution < 1.29 is 14.3 Å². The van der Waals surface area contributed by atoms with E-state index in [4.69, 9.17) is 4.74 Å². The number of carbonyl (C=O) groups excluding carboxylic acids is 2. The number of amides is 2. The number of anilines is 1. The lowest BCUT2D eigenvalue weighted by Crippen LogP contribution is -2.44. The van der Waals surface area contributed by atoms with E-state index in [9.17, 15) is 9.59 Å². The molecule has 0 bridgehead atoms. The topological polar surface area (TPSA) is 49.9 Å². The maximum absolute atomic E-state index is 12.6. The van der Waals surface area contributed by atoms with Gasteiger partial charge in [0.1, 0.15) is 5.75 Å². The number of benzene rings is 1. The van der Waals surface area contributed by atoms with Crippen molar-refractivity contribution in [1.82, 2.24) is 4.90 Å². The highest BCUT2D eigenvalue weighted by Crippen LogP contribution is 2.43. The zero-order valence-corrected chi connectivity index (χ0v) is 18.3. The third-order valence-corrected chi connectivity index (χ3v) is 6.16. The van der Waals surface area contributed by atoms with Crippen molar-refractivity contribution in [1.29, 1.82) is 0 Å². The van der Waals surface area contributed by atoms with Crippen LogP contribution in [0.1, 0.15) is 52.2 Å². The van der Waals surface area contributed by atoms with Gasteiger partial charge in [-0.15, -0.1) is 0 Å². The average Bonchev–Trinajstić information content (AvgIpc) is 2.89. The van der Waals surface area contributed by atoms with Gasteiger partial charge in [0.15, 0.2) is 0 Å². The summed E-state index contributed by atoms with van der Waals surface area (Å²) in [6.45, 7) is 11.9. The summed E-state index contributed by atoms with van der Waals surface area (Å²) in [5.41, 5.74) is 4.18. The summed E-state index contributed by atoms with van der Waals surface area (Å²) in [6, 6.07) is 4.10. The summed E-state index contributed by atoms with van der Waals surface area (Å²) < 4.78 is 5.64. The smallest absolute Gasteiger partial charge is 0.293 e. The van der Waals surface area contributed by atoms with Gasteiger partial charge >= 0.3 is 0 Å². The van der Waals surface area contributed by atoms with E-state index in [1.54, 1.807) is 13.2 Å². The van der Waals surface area contributed by atoms with Crippen LogP contribution in [0.3, 0.4) is 0 Å². The van der Waals surface area contributed by atoms with Crippen molar-refractivity contribution in [3.63, 3.8) is 0 Å². The Labute approximate surface area is 171 Å². The van der Waals surface area contributed by atoms with Crippen molar-refractivity contribution in [3.8, 4) is 5.75 Å². The van der Waals surface area contributed by atoms with E-state index in [-0.39, 0.29) is 16.7 Å². The SMILES string of the molecule is CCCN1C(=O)S/C(=C/c2cc3c(cc2OC)N(CC)C(C)(C)C=C3C)C1=O. The molecule has 5 nitrogen and oxygen atoms in total. The van der Waals surface area contributed by atoms with Crippen LogP contribution in [-0.4, -0.2) is 41.8 Å². The number of allylic oxidation sites excluding steroid dienone is 1. The number of hydrogen-bond donors (Lipinski definition) is 0. The maximum Gasteiger partial charge on any atom is 0.293 e. The van der Waals surface area contributed by atoms with E-state index in [1.165, 1.54) is 10.5 Å². The van der Waals surface area contributed by atoms with Gasteiger partial charge in [0.25, 0.3) is 11.1 Å². The summed E-state index contributed by atoms with van der Waals surface area (Å²) in [5.74, 6) is 0.477. The first-order valence-electron chi connectivity index (χ1n) is 9.68. The van der Waals surface area contributed by atoms with Crippen LogP contribution in [0.5, 0.6) is 5.75 Å². The predicted molar refractivity (Wildman–Crippen MR) is 117 cm³/mol. The molecule has 0 spiro atoms. The summed E-state index contributed by atoms with van der Waals surface area (Å²) in [6.07, 6.45) is 4.80. The van der Waals surface area contributed by atoms with Gasteiger partial charge in [-0.1, -0.05) is 13.0 Å². The first-order valence-corrected chi connectivity index (χ1v) is 10.5. The Hall–Kier alpha value is -2.21. The van der Waals surface area contributed by atoms with Crippen LogP contribution in [0, 0.1) is 0 Å². The van der Waals surface area contributed by atoms with Crippen molar-refractivity contribution >= 4 is 40.2 Å². The summed E-state index contributed by atoms with van der Waals surface area (Å²) in [5, 5.41) is -0.204. The second kappa shape index (κ2) is 7.66. The summed E-state index contributed by atoms with van der Waals surface area (Å²) in [7, 11) is 1.63. The molecule has 2 aliphatic heterocycles. The van der Waals surface area contributed by atoms with Crippen LogP contribution in [0.4, 0.5) is 10.5 Å². The van der Waals surface area contributed by atoms with E-state index in [1.807, 2.05) is 13.0 Å². The highest BCUT2D eigenvalue weighted by atomic mass is 32.2. The van der Waals surface area contributed by atoms with Crippen LogP contribution in [0.15, 0.2) is 23.1 Å². The van der Waals surface area contributed by atoms with E-state index >= 15 is 0 Å². The van der Waals surface area contributed by atoms with Crippen molar-refractivity contribution in [3.05, 3.63) is 34.2 Å². The number of methoxy groups -OCH3 is 1. The lowest BCUT2D eigenvalue weighted by Gasteiger charge is -2.43. The van der Waals surface area contributed by atoms with Gasteiger partial charge in [0.2, 0.25) is 0 Å². The van der Waals surface area contributed by atoms with Crippen LogP contribution in [-0.2, 0) is 4.79 Å². The molecule has 1 aromatic rings. The fourth-order valence-electron chi connectivity index (χ4n) is 4.05. The third kappa shape index (κ3) is 3.46. The lowest BCUT2D eigenvalue weighted by molar-refractivity contribution is -0.122. The van der Waals surface area contributed by atoms with Crippen LogP contribution >= 0.6 is 11.8 Å². The standard InChI is InChI=1S/C22H28N2O3S/c1-7-9-23-20(25)19(28-21(23)26)11-15-10-16-14(3)13-22(4,5)24(8-2)17(16)12-18(15)27-6/h10-13H,7-9H2,1-6H3/b19-11+. The highest BCUT2D eigenvalue weighted by molar-refractivity contribution is 8.18. The van der Waals surface area contributed by atoms with Crippen molar-refractivity contribution in [2.45, 2.75) is 46.6 Å². The highest BCUT2D eigenvalue weighted by Gasteiger charge is 2.35. The number of fused-ring (bicyclic) bond motifs is 1. The Bertz CT molecular complexity index is 886. The Kier molecular flexibility index (Phi) is 5.62. The first-order chi connectivity index (χ1) is 13.2. The zero-order chi connectivity index (χ0) is 20.6. The minimum Gasteiger partial charge on any atom is -0.496 e. The molecule has 0 atom stereocenters. The Morgan fingerprint density at radius 1 is 1.21 bits per heavy atom. The molecule has 2 aliphatic rings. The maximum atomic E-state index is 12.6. The van der Waals surface area contributed by atoms with E-state index in [2.05, 4.69) is 44.7 Å². The van der Waals surface area contributed by atoms with Gasteiger partial charge in [-0.05, 0) is 63.6 Å². The molecule has 6 heteroatoms. The molecular formula is C22H28N2O3S. The number of thioether (sulfide) groups is 1. The number of nitrogens with zero attached hydrogens (tertiary/aromatic N) is 2. The first kappa shape index (κ1) is 20.5.